The molecule has 3 N–H and O–H groups in total. The highest BCUT2D eigenvalue weighted by Crippen LogP contribution is 2.35. The summed E-state index contributed by atoms with van der Waals surface area (Å²) >= 11 is 0. The van der Waals surface area contributed by atoms with E-state index in [1.807, 2.05) is 13.8 Å². The van der Waals surface area contributed by atoms with Crippen LogP contribution in [0.4, 0.5) is 0 Å². The van der Waals surface area contributed by atoms with Crippen molar-refractivity contribution in [2.24, 2.45) is 17.8 Å². The molecule has 0 saturated heterocycles. The average molecular weight is 174 g/mol. The number of aliphatic hydroxyl groups excluding tert-OH is 3. The molecule has 0 aliphatic heterocycles. The first-order chi connectivity index (χ1) is 5.57. The number of hydrogen-bond donors (Lipinski definition) is 3. The summed E-state index contributed by atoms with van der Waals surface area (Å²) in [5.41, 5.74) is 0. The molecule has 3 nitrogen and oxygen atoms in total. The Balaban J connectivity index is 2.60. The van der Waals surface area contributed by atoms with Crippen molar-refractivity contribution in [2.75, 3.05) is 6.61 Å². The lowest BCUT2D eigenvalue weighted by atomic mass is 9.92. The Labute approximate surface area is 73.0 Å². The maximum Gasteiger partial charge on any atom is 0.0852 e. The van der Waals surface area contributed by atoms with Crippen molar-refractivity contribution in [1.82, 2.24) is 0 Å². The Morgan fingerprint density at radius 2 is 1.83 bits per heavy atom. The van der Waals surface area contributed by atoms with E-state index in [9.17, 15) is 10.2 Å². The third kappa shape index (κ3) is 1.63. The molecule has 2 unspecified atom stereocenters. The van der Waals surface area contributed by atoms with E-state index in [-0.39, 0.29) is 18.4 Å². The molecular formula is C9H18O3. The molecule has 1 aliphatic carbocycles. The van der Waals surface area contributed by atoms with Crippen molar-refractivity contribution in [3.05, 3.63) is 0 Å². The van der Waals surface area contributed by atoms with Crippen molar-refractivity contribution in [1.29, 1.82) is 0 Å². The summed E-state index contributed by atoms with van der Waals surface area (Å²) in [5.74, 6) is 0.371. The fraction of sp³-hybridized carbons (Fsp3) is 1.00. The van der Waals surface area contributed by atoms with Gasteiger partial charge in [-0.25, -0.2) is 0 Å². The molecule has 0 heterocycles. The zero-order valence-electron chi connectivity index (χ0n) is 7.64. The lowest BCUT2D eigenvalue weighted by Crippen LogP contribution is -2.30. The van der Waals surface area contributed by atoms with Crippen LogP contribution in [-0.2, 0) is 0 Å². The summed E-state index contributed by atoms with van der Waals surface area (Å²) in [4.78, 5) is 0. The summed E-state index contributed by atoms with van der Waals surface area (Å²) in [6.45, 7) is 4.03. The normalized spacial score (nSPS) is 42.5. The predicted molar refractivity (Wildman–Crippen MR) is 45.5 cm³/mol. The Kier molecular flexibility index (Phi) is 3.09. The van der Waals surface area contributed by atoms with Gasteiger partial charge < -0.3 is 15.3 Å². The standard InChI is InChI=1S/C9H18O3/c1-5(2)7-3-6(4-10)8(11)9(7)12/h5-12H,3-4H2,1-2H3/t6?,7?,8-,9+/m1/s1. The van der Waals surface area contributed by atoms with E-state index < -0.39 is 12.2 Å². The Hall–Kier alpha value is -0.120. The van der Waals surface area contributed by atoms with Crippen molar-refractivity contribution in [2.45, 2.75) is 32.5 Å². The van der Waals surface area contributed by atoms with E-state index in [4.69, 9.17) is 5.11 Å². The number of aliphatic hydroxyl groups is 3. The molecule has 0 aromatic carbocycles. The minimum atomic E-state index is -0.734. The maximum absolute atomic E-state index is 9.57. The first kappa shape index (κ1) is 9.96. The van der Waals surface area contributed by atoms with E-state index in [1.54, 1.807) is 0 Å². The van der Waals surface area contributed by atoms with Crippen LogP contribution < -0.4 is 0 Å². The molecular weight excluding hydrogens is 156 g/mol. The van der Waals surface area contributed by atoms with E-state index in [2.05, 4.69) is 0 Å². The quantitative estimate of drug-likeness (QED) is 0.552. The molecule has 0 aromatic rings. The summed E-state index contributed by atoms with van der Waals surface area (Å²) in [7, 11) is 0. The van der Waals surface area contributed by atoms with Gasteiger partial charge >= 0.3 is 0 Å². The molecule has 4 atom stereocenters. The SMILES string of the molecule is CC(C)C1CC(CO)[C@@H](O)[C@H]1O. The molecule has 1 aliphatic rings. The van der Waals surface area contributed by atoms with Crippen LogP contribution in [0.15, 0.2) is 0 Å². The number of rotatable bonds is 2. The number of hydrogen-bond acceptors (Lipinski definition) is 3. The van der Waals surface area contributed by atoms with Gasteiger partial charge in [0.1, 0.15) is 0 Å². The third-order valence-electron chi connectivity index (χ3n) is 2.94. The van der Waals surface area contributed by atoms with Gasteiger partial charge in [-0.1, -0.05) is 13.8 Å². The van der Waals surface area contributed by atoms with Crippen LogP contribution in [0.2, 0.25) is 0 Å². The lowest BCUT2D eigenvalue weighted by molar-refractivity contribution is -0.0120. The van der Waals surface area contributed by atoms with Gasteiger partial charge in [0.05, 0.1) is 12.2 Å². The molecule has 12 heavy (non-hydrogen) atoms. The molecule has 1 rings (SSSR count). The summed E-state index contributed by atoms with van der Waals surface area (Å²) < 4.78 is 0. The third-order valence-corrected chi connectivity index (χ3v) is 2.94. The largest absolute Gasteiger partial charge is 0.396 e. The summed E-state index contributed by atoms with van der Waals surface area (Å²) in [5, 5.41) is 27.9. The van der Waals surface area contributed by atoms with Gasteiger partial charge in [0.2, 0.25) is 0 Å². The summed E-state index contributed by atoms with van der Waals surface area (Å²) in [6.07, 6.45) is -0.652. The molecule has 1 fully saturated rings. The van der Waals surface area contributed by atoms with Gasteiger partial charge in [0, 0.05) is 12.5 Å². The molecule has 0 bridgehead atoms. The van der Waals surface area contributed by atoms with Crippen LogP contribution in [0, 0.1) is 17.8 Å². The second kappa shape index (κ2) is 3.73. The van der Waals surface area contributed by atoms with Crippen LogP contribution >= 0.6 is 0 Å². The molecule has 1 saturated carbocycles. The Morgan fingerprint density at radius 1 is 1.25 bits per heavy atom. The summed E-state index contributed by atoms with van der Waals surface area (Å²) in [6, 6.07) is 0. The molecule has 3 heteroatoms. The van der Waals surface area contributed by atoms with Gasteiger partial charge in [-0.3, -0.25) is 0 Å². The van der Waals surface area contributed by atoms with E-state index in [0.717, 1.165) is 6.42 Å². The van der Waals surface area contributed by atoms with E-state index in [0.29, 0.717) is 5.92 Å². The minimum absolute atomic E-state index is 0.0263. The van der Waals surface area contributed by atoms with Crippen LogP contribution in [0.5, 0.6) is 0 Å². The highest BCUT2D eigenvalue weighted by atomic mass is 16.3. The predicted octanol–water partition coefficient (Wildman–Crippen LogP) is -0.00740. The fourth-order valence-electron chi connectivity index (χ4n) is 2.01. The van der Waals surface area contributed by atoms with Gasteiger partial charge in [0.25, 0.3) is 0 Å². The van der Waals surface area contributed by atoms with Gasteiger partial charge in [-0.05, 0) is 18.3 Å². The molecule has 0 aromatic heterocycles. The van der Waals surface area contributed by atoms with E-state index in [1.165, 1.54) is 0 Å². The average Bonchev–Trinajstić information content (AvgIpc) is 2.30. The smallest absolute Gasteiger partial charge is 0.0852 e. The minimum Gasteiger partial charge on any atom is -0.396 e. The Bertz CT molecular complexity index is 147. The molecule has 0 amide bonds. The zero-order chi connectivity index (χ0) is 9.30. The molecule has 72 valence electrons. The van der Waals surface area contributed by atoms with Crippen molar-refractivity contribution < 1.29 is 15.3 Å². The molecule has 0 radical (unpaired) electrons. The maximum atomic E-state index is 9.57. The highest BCUT2D eigenvalue weighted by Gasteiger charge is 2.41. The molecule has 0 spiro atoms. The Morgan fingerprint density at radius 3 is 2.08 bits per heavy atom. The van der Waals surface area contributed by atoms with Crippen LogP contribution in [0.3, 0.4) is 0 Å². The first-order valence-electron chi connectivity index (χ1n) is 4.55. The monoisotopic (exact) mass is 174 g/mol. The van der Waals surface area contributed by atoms with Gasteiger partial charge in [-0.15, -0.1) is 0 Å². The van der Waals surface area contributed by atoms with Crippen LogP contribution in [-0.4, -0.2) is 34.1 Å². The van der Waals surface area contributed by atoms with Crippen LogP contribution in [0.1, 0.15) is 20.3 Å². The topological polar surface area (TPSA) is 60.7 Å². The lowest BCUT2D eigenvalue weighted by Gasteiger charge is -2.19. The van der Waals surface area contributed by atoms with Crippen molar-refractivity contribution >= 4 is 0 Å². The first-order valence-corrected chi connectivity index (χ1v) is 4.55. The van der Waals surface area contributed by atoms with E-state index >= 15 is 0 Å². The van der Waals surface area contributed by atoms with Gasteiger partial charge in [-0.2, -0.15) is 0 Å². The van der Waals surface area contributed by atoms with Gasteiger partial charge in [0.15, 0.2) is 0 Å². The van der Waals surface area contributed by atoms with Crippen LogP contribution in [0.25, 0.3) is 0 Å². The second-order valence-electron chi connectivity index (χ2n) is 4.07. The second-order valence-corrected chi connectivity index (χ2v) is 4.07. The fourth-order valence-corrected chi connectivity index (χ4v) is 2.01. The zero-order valence-corrected chi connectivity index (χ0v) is 7.64. The highest BCUT2D eigenvalue weighted by molar-refractivity contribution is 4.91. The van der Waals surface area contributed by atoms with Crippen molar-refractivity contribution in [3.63, 3.8) is 0 Å². The van der Waals surface area contributed by atoms with Crippen molar-refractivity contribution in [3.8, 4) is 0 Å².